The molecule has 0 aliphatic rings. The number of carboxylic acid groups (broad SMARTS) is 2. The standard InChI is InChI=1S/C14H16N2O8/c15-11(18)7-5-8(12(19)16-1-3-24-4-2-17)10(14(22)23)6-9(7)13(20)21/h5-6,17H,1-4H2,(H2,15,18)(H,16,19)(H,20,21)(H,22,23). The first-order valence-electron chi connectivity index (χ1n) is 6.70. The lowest BCUT2D eigenvalue weighted by atomic mass is 9.97. The van der Waals surface area contributed by atoms with E-state index in [2.05, 4.69) is 5.32 Å². The van der Waals surface area contributed by atoms with Gasteiger partial charge in [-0.15, -0.1) is 0 Å². The molecule has 2 amide bonds. The zero-order chi connectivity index (χ0) is 18.3. The van der Waals surface area contributed by atoms with Crippen molar-refractivity contribution in [3.63, 3.8) is 0 Å². The van der Waals surface area contributed by atoms with Gasteiger partial charge in [0.25, 0.3) is 5.91 Å². The molecule has 0 aromatic heterocycles. The fraction of sp³-hybridized carbons (Fsp3) is 0.286. The van der Waals surface area contributed by atoms with Crippen LogP contribution in [0.4, 0.5) is 0 Å². The number of amides is 2. The van der Waals surface area contributed by atoms with E-state index in [1.807, 2.05) is 0 Å². The second-order valence-electron chi connectivity index (χ2n) is 4.51. The highest BCUT2D eigenvalue weighted by molar-refractivity contribution is 6.11. The summed E-state index contributed by atoms with van der Waals surface area (Å²) < 4.78 is 4.93. The van der Waals surface area contributed by atoms with Gasteiger partial charge in [-0.3, -0.25) is 9.59 Å². The van der Waals surface area contributed by atoms with E-state index in [1.165, 1.54) is 0 Å². The Bertz CT molecular complexity index is 671. The Balaban J connectivity index is 3.13. The number of aliphatic hydroxyl groups is 1. The van der Waals surface area contributed by atoms with Gasteiger partial charge in [-0.25, -0.2) is 9.59 Å². The average molecular weight is 340 g/mol. The summed E-state index contributed by atoms with van der Waals surface area (Å²) in [6.45, 7) is -0.0137. The number of benzene rings is 1. The summed E-state index contributed by atoms with van der Waals surface area (Å²) in [5, 5.41) is 29.1. The predicted molar refractivity (Wildman–Crippen MR) is 79.1 cm³/mol. The van der Waals surface area contributed by atoms with E-state index in [1.54, 1.807) is 0 Å². The monoisotopic (exact) mass is 340 g/mol. The van der Waals surface area contributed by atoms with Crippen LogP contribution in [0.5, 0.6) is 0 Å². The van der Waals surface area contributed by atoms with E-state index < -0.39 is 46.0 Å². The highest BCUT2D eigenvalue weighted by Gasteiger charge is 2.24. The summed E-state index contributed by atoms with van der Waals surface area (Å²) in [4.78, 5) is 45.8. The number of rotatable bonds is 9. The molecule has 130 valence electrons. The SMILES string of the molecule is NC(=O)c1cc(C(=O)NCCOCCO)c(C(=O)O)cc1C(=O)O. The third-order valence-corrected chi connectivity index (χ3v) is 2.90. The summed E-state index contributed by atoms with van der Waals surface area (Å²) in [6.07, 6.45) is 0. The van der Waals surface area contributed by atoms with Crippen LogP contribution < -0.4 is 11.1 Å². The second kappa shape index (κ2) is 8.60. The first-order valence-corrected chi connectivity index (χ1v) is 6.70. The van der Waals surface area contributed by atoms with E-state index >= 15 is 0 Å². The number of carboxylic acids is 2. The lowest BCUT2D eigenvalue weighted by Crippen LogP contribution is -2.30. The van der Waals surface area contributed by atoms with Crippen molar-refractivity contribution in [2.45, 2.75) is 0 Å². The number of hydrogen-bond acceptors (Lipinski definition) is 6. The largest absolute Gasteiger partial charge is 0.478 e. The van der Waals surface area contributed by atoms with Gasteiger partial charge < -0.3 is 31.1 Å². The van der Waals surface area contributed by atoms with Crippen molar-refractivity contribution in [1.82, 2.24) is 5.32 Å². The van der Waals surface area contributed by atoms with Gasteiger partial charge in [0.1, 0.15) is 0 Å². The van der Waals surface area contributed by atoms with Crippen LogP contribution in [0.25, 0.3) is 0 Å². The maximum Gasteiger partial charge on any atom is 0.336 e. The van der Waals surface area contributed by atoms with Crippen molar-refractivity contribution in [3.05, 3.63) is 34.4 Å². The van der Waals surface area contributed by atoms with E-state index in [9.17, 15) is 19.2 Å². The molecule has 0 saturated heterocycles. The number of nitrogens with two attached hydrogens (primary N) is 1. The van der Waals surface area contributed by atoms with Crippen molar-refractivity contribution < 1.29 is 39.2 Å². The van der Waals surface area contributed by atoms with Gasteiger partial charge >= 0.3 is 11.9 Å². The minimum atomic E-state index is -1.55. The summed E-state index contributed by atoms with van der Waals surface area (Å²) >= 11 is 0. The third kappa shape index (κ3) is 4.76. The van der Waals surface area contributed by atoms with E-state index in [0.717, 1.165) is 6.07 Å². The van der Waals surface area contributed by atoms with Crippen LogP contribution in [0.1, 0.15) is 41.4 Å². The lowest BCUT2D eigenvalue weighted by molar-refractivity contribution is 0.0686. The molecule has 10 nitrogen and oxygen atoms in total. The molecule has 0 radical (unpaired) electrons. The Labute approximate surface area is 135 Å². The zero-order valence-corrected chi connectivity index (χ0v) is 12.4. The zero-order valence-electron chi connectivity index (χ0n) is 12.4. The van der Waals surface area contributed by atoms with E-state index in [-0.39, 0.29) is 26.4 Å². The molecule has 0 spiro atoms. The molecule has 0 heterocycles. The maximum atomic E-state index is 12.1. The molecule has 10 heteroatoms. The van der Waals surface area contributed by atoms with Crippen LogP contribution in [0, 0.1) is 0 Å². The first kappa shape index (κ1) is 19.1. The number of aliphatic hydroxyl groups excluding tert-OH is 1. The van der Waals surface area contributed by atoms with Gasteiger partial charge in [0.15, 0.2) is 0 Å². The van der Waals surface area contributed by atoms with Crippen LogP contribution in [0.3, 0.4) is 0 Å². The lowest BCUT2D eigenvalue weighted by Gasteiger charge is -2.11. The molecule has 6 N–H and O–H groups in total. The number of carbonyl (C=O) groups excluding carboxylic acids is 2. The minimum Gasteiger partial charge on any atom is -0.478 e. The number of hydrogen-bond donors (Lipinski definition) is 5. The molecule has 0 saturated carbocycles. The smallest absolute Gasteiger partial charge is 0.336 e. The minimum absolute atomic E-state index is 0.0183. The van der Waals surface area contributed by atoms with Gasteiger partial charge in [0, 0.05) is 6.54 Å². The highest BCUT2D eigenvalue weighted by atomic mass is 16.5. The number of aromatic carboxylic acids is 2. The molecule has 1 rings (SSSR count). The third-order valence-electron chi connectivity index (χ3n) is 2.90. The summed E-state index contributed by atoms with van der Waals surface area (Å²) in [5.74, 6) is -5.02. The molecular formula is C14H16N2O8. The van der Waals surface area contributed by atoms with Crippen LogP contribution in [-0.4, -0.2) is 65.4 Å². The van der Waals surface area contributed by atoms with E-state index in [4.69, 9.17) is 25.8 Å². The van der Waals surface area contributed by atoms with E-state index in [0.29, 0.717) is 6.07 Å². The molecule has 0 fully saturated rings. The van der Waals surface area contributed by atoms with Crippen LogP contribution in [0.2, 0.25) is 0 Å². The summed E-state index contributed by atoms with van der Waals surface area (Å²) in [6, 6.07) is 1.54. The van der Waals surface area contributed by atoms with Crippen LogP contribution in [0.15, 0.2) is 12.1 Å². The normalized spacial score (nSPS) is 10.2. The van der Waals surface area contributed by atoms with Crippen molar-refractivity contribution in [2.24, 2.45) is 5.73 Å². The Morgan fingerprint density at radius 3 is 2.00 bits per heavy atom. The number of ether oxygens (including phenoxy) is 1. The van der Waals surface area contributed by atoms with Crippen molar-refractivity contribution in [1.29, 1.82) is 0 Å². The van der Waals surface area contributed by atoms with Gasteiger partial charge in [-0.1, -0.05) is 0 Å². The second-order valence-corrected chi connectivity index (χ2v) is 4.51. The Morgan fingerprint density at radius 1 is 0.958 bits per heavy atom. The molecular weight excluding hydrogens is 324 g/mol. The average Bonchev–Trinajstić information content (AvgIpc) is 2.52. The number of carbonyl (C=O) groups is 4. The van der Waals surface area contributed by atoms with Gasteiger partial charge in [-0.2, -0.15) is 0 Å². The Hall–Kier alpha value is -2.98. The summed E-state index contributed by atoms with van der Waals surface area (Å²) in [5.41, 5.74) is 3.01. The molecule has 0 aliphatic carbocycles. The predicted octanol–water partition coefficient (Wildman–Crippen LogP) is -1.08. The topological polar surface area (TPSA) is 176 Å². The van der Waals surface area contributed by atoms with Crippen molar-refractivity contribution in [3.8, 4) is 0 Å². The number of nitrogens with one attached hydrogen (secondary N) is 1. The molecule has 24 heavy (non-hydrogen) atoms. The fourth-order valence-corrected chi connectivity index (χ4v) is 1.84. The molecule has 0 aliphatic heterocycles. The van der Waals surface area contributed by atoms with Gasteiger partial charge in [0.2, 0.25) is 5.91 Å². The van der Waals surface area contributed by atoms with Gasteiger partial charge in [0.05, 0.1) is 42.1 Å². The van der Waals surface area contributed by atoms with Crippen molar-refractivity contribution >= 4 is 23.8 Å². The summed E-state index contributed by atoms with van der Waals surface area (Å²) in [7, 11) is 0. The molecule has 0 bridgehead atoms. The maximum absolute atomic E-state index is 12.1. The Kier molecular flexibility index (Phi) is 6.83. The quantitative estimate of drug-likeness (QED) is 0.352. The molecule has 1 aromatic carbocycles. The number of primary amides is 1. The molecule has 1 aromatic rings. The first-order chi connectivity index (χ1) is 11.3. The highest BCUT2D eigenvalue weighted by Crippen LogP contribution is 2.18. The van der Waals surface area contributed by atoms with Gasteiger partial charge in [-0.05, 0) is 12.1 Å². The van der Waals surface area contributed by atoms with Crippen LogP contribution >= 0.6 is 0 Å². The fourth-order valence-electron chi connectivity index (χ4n) is 1.84. The molecule has 0 atom stereocenters. The van der Waals surface area contributed by atoms with Crippen molar-refractivity contribution in [2.75, 3.05) is 26.4 Å². The van der Waals surface area contributed by atoms with Crippen LogP contribution in [-0.2, 0) is 4.74 Å². The Morgan fingerprint density at radius 2 is 1.50 bits per heavy atom. The molecule has 0 unspecified atom stereocenters.